The Balaban J connectivity index is 2.04. The highest BCUT2D eigenvalue weighted by molar-refractivity contribution is 5.77. The molecule has 0 atom stereocenters. The van der Waals surface area contributed by atoms with Crippen molar-refractivity contribution in [1.82, 2.24) is 5.32 Å². The van der Waals surface area contributed by atoms with Gasteiger partial charge in [0.15, 0.2) is 0 Å². The van der Waals surface area contributed by atoms with Gasteiger partial charge in [-0.1, -0.05) is 44.7 Å². The van der Waals surface area contributed by atoms with Crippen LogP contribution in [0.1, 0.15) is 63.9 Å². The standard InChI is InChI=1S/C20H31NO4/c1-3-4-5-6-7-15-25-20(23)10-8-9-19(22)21-16-17-11-13-18(24-2)14-12-17/h11-14H,3-10,15-16H2,1-2H3,(H,21,22). The first kappa shape index (κ1) is 21.0. The van der Waals surface area contributed by atoms with Crippen LogP contribution in [-0.4, -0.2) is 25.6 Å². The van der Waals surface area contributed by atoms with Crippen molar-refractivity contribution < 1.29 is 19.1 Å². The summed E-state index contributed by atoms with van der Waals surface area (Å²) in [5.41, 5.74) is 1.01. The normalized spacial score (nSPS) is 10.3. The van der Waals surface area contributed by atoms with Crippen LogP contribution in [0, 0.1) is 0 Å². The SMILES string of the molecule is CCCCCCCOC(=O)CCCC(=O)NCc1ccc(OC)cc1. The van der Waals surface area contributed by atoms with E-state index in [0.29, 0.717) is 32.4 Å². The minimum atomic E-state index is -0.210. The molecule has 0 aromatic heterocycles. The Morgan fingerprint density at radius 3 is 2.36 bits per heavy atom. The smallest absolute Gasteiger partial charge is 0.305 e. The first-order valence-corrected chi connectivity index (χ1v) is 9.21. The van der Waals surface area contributed by atoms with Gasteiger partial charge in [-0.3, -0.25) is 9.59 Å². The number of carbonyl (C=O) groups is 2. The van der Waals surface area contributed by atoms with E-state index in [0.717, 1.165) is 24.2 Å². The van der Waals surface area contributed by atoms with Crippen LogP contribution in [-0.2, 0) is 20.9 Å². The van der Waals surface area contributed by atoms with E-state index in [9.17, 15) is 9.59 Å². The Morgan fingerprint density at radius 2 is 1.68 bits per heavy atom. The van der Waals surface area contributed by atoms with Crippen molar-refractivity contribution in [3.63, 3.8) is 0 Å². The fourth-order valence-electron chi connectivity index (χ4n) is 2.39. The zero-order valence-corrected chi connectivity index (χ0v) is 15.5. The van der Waals surface area contributed by atoms with Gasteiger partial charge in [-0.25, -0.2) is 0 Å². The van der Waals surface area contributed by atoms with Crippen LogP contribution in [0.3, 0.4) is 0 Å². The summed E-state index contributed by atoms with van der Waals surface area (Å²) in [7, 11) is 1.62. The van der Waals surface area contributed by atoms with Gasteiger partial charge >= 0.3 is 5.97 Å². The lowest BCUT2D eigenvalue weighted by molar-refractivity contribution is -0.143. The van der Waals surface area contributed by atoms with Gasteiger partial charge < -0.3 is 14.8 Å². The van der Waals surface area contributed by atoms with Gasteiger partial charge in [0.1, 0.15) is 5.75 Å². The number of ether oxygens (including phenoxy) is 2. The Kier molecular flexibility index (Phi) is 11.2. The summed E-state index contributed by atoms with van der Waals surface area (Å²) in [4.78, 5) is 23.4. The minimum absolute atomic E-state index is 0.0526. The van der Waals surface area contributed by atoms with E-state index in [1.807, 2.05) is 24.3 Å². The van der Waals surface area contributed by atoms with E-state index >= 15 is 0 Å². The molecule has 0 unspecified atom stereocenters. The van der Waals surface area contributed by atoms with E-state index < -0.39 is 0 Å². The molecule has 0 aliphatic heterocycles. The van der Waals surface area contributed by atoms with Crippen LogP contribution in [0.4, 0.5) is 0 Å². The molecule has 0 bridgehead atoms. The minimum Gasteiger partial charge on any atom is -0.497 e. The lowest BCUT2D eigenvalue weighted by atomic mass is 10.2. The van der Waals surface area contributed by atoms with E-state index in [1.54, 1.807) is 7.11 Å². The number of nitrogens with one attached hydrogen (secondary N) is 1. The fourth-order valence-corrected chi connectivity index (χ4v) is 2.39. The fraction of sp³-hybridized carbons (Fsp3) is 0.600. The first-order chi connectivity index (χ1) is 12.2. The van der Waals surface area contributed by atoms with Crippen molar-refractivity contribution >= 4 is 11.9 Å². The Labute approximate surface area is 151 Å². The number of carbonyl (C=O) groups excluding carboxylic acids is 2. The molecule has 0 aliphatic rings. The number of hydrogen-bond acceptors (Lipinski definition) is 4. The zero-order chi connectivity index (χ0) is 18.3. The van der Waals surface area contributed by atoms with E-state index in [1.165, 1.54) is 19.3 Å². The zero-order valence-electron chi connectivity index (χ0n) is 15.5. The highest BCUT2D eigenvalue weighted by atomic mass is 16.5. The summed E-state index contributed by atoms with van der Waals surface area (Å²) in [6.45, 7) is 3.14. The molecule has 140 valence electrons. The van der Waals surface area contributed by atoms with Gasteiger partial charge in [0.05, 0.1) is 13.7 Å². The van der Waals surface area contributed by atoms with Gasteiger partial charge in [0, 0.05) is 19.4 Å². The van der Waals surface area contributed by atoms with E-state index in [4.69, 9.17) is 9.47 Å². The summed E-state index contributed by atoms with van der Waals surface area (Å²) >= 11 is 0. The molecule has 0 aliphatic carbocycles. The van der Waals surface area contributed by atoms with E-state index in [-0.39, 0.29) is 11.9 Å². The van der Waals surface area contributed by atoms with Crippen molar-refractivity contribution in [2.45, 2.75) is 64.8 Å². The maximum absolute atomic E-state index is 11.8. The molecule has 0 radical (unpaired) electrons. The number of unbranched alkanes of at least 4 members (excludes halogenated alkanes) is 4. The summed E-state index contributed by atoms with van der Waals surface area (Å²) in [6.07, 6.45) is 6.82. The highest BCUT2D eigenvalue weighted by Gasteiger charge is 2.06. The maximum atomic E-state index is 11.8. The molecule has 1 aromatic carbocycles. The Bertz CT molecular complexity index is 499. The van der Waals surface area contributed by atoms with E-state index in [2.05, 4.69) is 12.2 Å². The van der Waals surface area contributed by atoms with Crippen molar-refractivity contribution in [3.05, 3.63) is 29.8 Å². The average Bonchev–Trinajstić information content (AvgIpc) is 2.63. The lowest BCUT2D eigenvalue weighted by Crippen LogP contribution is -2.22. The van der Waals surface area contributed by atoms with Crippen LogP contribution < -0.4 is 10.1 Å². The molecule has 1 amide bonds. The van der Waals surface area contributed by atoms with Crippen molar-refractivity contribution in [3.8, 4) is 5.75 Å². The van der Waals surface area contributed by atoms with Crippen LogP contribution >= 0.6 is 0 Å². The summed E-state index contributed by atoms with van der Waals surface area (Å²) < 4.78 is 10.3. The van der Waals surface area contributed by atoms with Crippen LogP contribution in [0.25, 0.3) is 0 Å². The number of methoxy groups -OCH3 is 1. The second-order valence-electron chi connectivity index (χ2n) is 6.11. The van der Waals surface area contributed by atoms with Crippen LogP contribution in [0.15, 0.2) is 24.3 Å². The predicted octanol–water partition coefficient (Wildman–Crippen LogP) is 4.00. The number of amides is 1. The third-order valence-corrected chi connectivity index (χ3v) is 3.94. The second kappa shape index (κ2) is 13.3. The molecule has 25 heavy (non-hydrogen) atoms. The molecule has 0 saturated heterocycles. The van der Waals surface area contributed by atoms with Gasteiger partial charge in [0.2, 0.25) is 5.91 Å². The summed E-state index contributed by atoms with van der Waals surface area (Å²) in [5, 5.41) is 2.85. The van der Waals surface area contributed by atoms with Crippen molar-refractivity contribution in [2.75, 3.05) is 13.7 Å². The molecule has 0 fully saturated rings. The monoisotopic (exact) mass is 349 g/mol. The number of hydrogen-bond donors (Lipinski definition) is 1. The number of esters is 1. The summed E-state index contributed by atoms with van der Waals surface area (Å²) in [6, 6.07) is 7.55. The van der Waals surface area contributed by atoms with Crippen LogP contribution in [0.5, 0.6) is 5.75 Å². The molecular weight excluding hydrogens is 318 g/mol. The highest BCUT2D eigenvalue weighted by Crippen LogP contribution is 2.11. The predicted molar refractivity (Wildman–Crippen MR) is 98.4 cm³/mol. The quantitative estimate of drug-likeness (QED) is 0.432. The molecule has 1 rings (SSSR count). The van der Waals surface area contributed by atoms with Gasteiger partial charge in [-0.2, -0.15) is 0 Å². The Hall–Kier alpha value is -2.04. The molecule has 5 nitrogen and oxygen atoms in total. The summed E-state index contributed by atoms with van der Waals surface area (Å²) in [5.74, 6) is 0.528. The third-order valence-electron chi connectivity index (χ3n) is 3.94. The number of benzene rings is 1. The van der Waals surface area contributed by atoms with Gasteiger partial charge in [-0.15, -0.1) is 0 Å². The molecule has 1 aromatic rings. The lowest BCUT2D eigenvalue weighted by Gasteiger charge is -2.07. The van der Waals surface area contributed by atoms with Crippen molar-refractivity contribution in [1.29, 1.82) is 0 Å². The molecule has 0 saturated carbocycles. The molecule has 5 heteroatoms. The topological polar surface area (TPSA) is 64.6 Å². The average molecular weight is 349 g/mol. The molecular formula is C20H31NO4. The molecule has 0 spiro atoms. The number of rotatable bonds is 13. The van der Waals surface area contributed by atoms with Crippen molar-refractivity contribution in [2.24, 2.45) is 0 Å². The molecule has 0 heterocycles. The maximum Gasteiger partial charge on any atom is 0.305 e. The first-order valence-electron chi connectivity index (χ1n) is 9.21. The third kappa shape index (κ3) is 10.4. The van der Waals surface area contributed by atoms with Crippen LogP contribution in [0.2, 0.25) is 0 Å². The van der Waals surface area contributed by atoms with Gasteiger partial charge in [0.25, 0.3) is 0 Å². The largest absolute Gasteiger partial charge is 0.497 e. The second-order valence-corrected chi connectivity index (χ2v) is 6.11. The Morgan fingerprint density at radius 1 is 0.960 bits per heavy atom. The molecule has 1 N–H and O–H groups in total. The van der Waals surface area contributed by atoms with Gasteiger partial charge in [-0.05, 0) is 30.5 Å².